The smallest absolute Gasteiger partial charge is 0.122 e. The number of hydrogen-bond acceptors (Lipinski definition) is 2. The van der Waals surface area contributed by atoms with E-state index in [0.717, 1.165) is 29.1 Å². The summed E-state index contributed by atoms with van der Waals surface area (Å²) < 4.78 is 6.46. The topological polar surface area (TPSA) is 21.3 Å². The molecule has 0 radical (unpaired) electrons. The molecule has 1 fully saturated rings. The molecule has 16 heavy (non-hydrogen) atoms. The first-order chi connectivity index (χ1) is 7.79. The van der Waals surface area contributed by atoms with Crippen LogP contribution in [-0.4, -0.2) is 20.2 Å². The third-order valence-corrected chi connectivity index (χ3v) is 3.44. The van der Waals surface area contributed by atoms with E-state index in [4.69, 9.17) is 4.74 Å². The van der Waals surface area contributed by atoms with E-state index in [2.05, 4.69) is 27.3 Å². The van der Waals surface area contributed by atoms with Crippen molar-refractivity contribution in [2.75, 3.05) is 20.2 Å². The van der Waals surface area contributed by atoms with Gasteiger partial charge in [-0.15, -0.1) is 0 Å². The maximum atomic E-state index is 5.34. The molecule has 2 nitrogen and oxygen atoms in total. The quantitative estimate of drug-likeness (QED) is 0.811. The Morgan fingerprint density at radius 3 is 2.94 bits per heavy atom. The van der Waals surface area contributed by atoms with Gasteiger partial charge in [0.25, 0.3) is 0 Å². The molecule has 0 aromatic heterocycles. The molecule has 0 aliphatic heterocycles. The summed E-state index contributed by atoms with van der Waals surface area (Å²) in [6, 6.07) is 6.16. The second-order valence-electron chi connectivity index (χ2n) is 4.35. The summed E-state index contributed by atoms with van der Waals surface area (Å²) in [6.07, 6.45) is 3.84. The lowest BCUT2D eigenvalue weighted by Crippen LogP contribution is -2.19. The molecule has 0 spiro atoms. The molecule has 0 unspecified atom stereocenters. The molecule has 1 aromatic carbocycles. The lowest BCUT2D eigenvalue weighted by atomic mass is 10.1. The largest absolute Gasteiger partial charge is 0.496 e. The normalized spacial score (nSPS) is 15.1. The SMILES string of the molecule is COc1ccc(Br)cc1CCNCC1CC1. The first-order valence-corrected chi connectivity index (χ1v) is 6.62. The molecule has 3 heteroatoms. The Labute approximate surface area is 106 Å². The average molecular weight is 284 g/mol. The zero-order valence-corrected chi connectivity index (χ0v) is 11.2. The maximum Gasteiger partial charge on any atom is 0.122 e. The van der Waals surface area contributed by atoms with Gasteiger partial charge in [-0.05, 0) is 62.0 Å². The lowest BCUT2D eigenvalue weighted by molar-refractivity contribution is 0.409. The standard InChI is InChI=1S/C13H18BrNO/c1-16-13-5-4-12(14)8-11(13)6-7-15-9-10-2-3-10/h4-5,8,10,15H,2-3,6-7,9H2,1H3. The van der Waals surface area contributed by atoms with Gasteiger partial charge in [0.1, 0.15) is 5.75 Å². The van der Waals surface area contributed by atoms with Crippen LogP contribution >= 0.6 is 15.9 Å². The van der Waals surface area contributed by atoms with Gasteiger partial charge in [-0.25, -0.2) is 0 Å². The van der Waals surface area contributed by atoms with Gasteiger partial charge in [0.05, 0.1) is 7.11 Å². The third-order valence-electron chi connectivity index (χ3n) is 2.94. The number of methoxy groups -OCH3 is 1. The Balaban J connectivity index is 1.83. The van der Waals surface area contributed by atoms with Crippen LogP contribution in [0.1, 0.15) is 18.4 Å². The predicted octanol–water partition coefficient (Wildman–Crippen LogP) is 3.00. The Morgan fingerprint density at radius 2 is 2.25 bits per heavy atom. The van der Waals surface area contributed by atoms with E-state index in [1.54, 1.807) is 7.11 Å². The molecular formula is C13H18BrNO. The number of halogens is 1. The van der Waals surface area contributed by atoms with E-state index in [0.29, 0.717) is 0 Å². The highest BCUT2D eigenvalue weighted by Crippen LogP contribution is 2.27. The summed E-state index contributed by atoms with van der Waals surface area (Å²) >= 11 is 3.49. The van der Waals surface area contributed by atoms with Crippen LogP contribution < -0.4 is 10.1 Å². The monoisotopic (exact) mass is 283 g/mol. The van der Waals surface area contributed by atoms with Crippen molar-refractivity contribution in [1.29, 1.82) is 0 Å². The van der Waals surface area contributed by atoms with Crippen molar-refractivity contribution in [3.63, 3.8) is 0 Å². The molecule has 1 aliphatic carbocycles. The minimum absolute atomic E-state index is 0.949. The number of ether oxygens (including phenoxy) is 1. The van der Waals surface area contributed by atoms with E-state index < -0.39 is 0 Å². The predicted molar refractivity (Wildman–Crippen MR) is 70.0 cm³/mol. The molecule has 0 saturated heterocycles. The molecular weight excluding hydrogens is 266 g/mol. The highest BCUT2D eigenvalue weighted by Gasteiger charge is 2.20. The van der Waals surface area contributed by atoms with E-state index in [1.165, 1.54) is 24.9 Å². The van der Waals surface area contributed by atoms with Gasteiger partial charge in [-0.3, -0.25) is 0 Å². The Bertz CT molecular complexity index is 350. The summed E-state index contributed by atoms with van der Waals surface area (Å²) in [4.78, 5) is 0. The van der Waals surface area contributed by atoms with Gasteiger partial charge < -0.3 is 10.1 Å². The summed E-state index contributed by atoms with van der Waals surface area (Å²) in [7, 11) is 1.73. The summed E-state index contributed by atoms with van der Waals surface area (Å²) in [5.41, 5.74) is 1.26. The van der Waals surface area contributed by atoms with Crippen molar-refractivity contribution in [3.8, 4) is 5.75 Å². The van der Waals surface area contributed by atoms with Crippen LogP contribution in [0, 0.1) is 5.92 Å². The minimum Gasteiger partial charge on any atom is -0.496 e. The van der Waals surface area contributed by atoms with Crippen LogP contribution in [0.5, 0.6) is 5.75 Å². The van der Waals surface area contributed by atoms with Crippen molar-refractivity contribution >= 4 is 15.9 Å². The van der Waals surface area contributed by atoms with Crippen molar-refractivity contribution in [2.45, 2.75) is 19.3 Å². The van der Waals surface area contributed by atoms with Gasteiger partial charge >= 0.3 is 0 Å². The highest BCUT2D eigenvalue weighted by molar-refractivity contribution is 9.10. The molecule has 1 N–H and O–H groups in total. The van der Waals surface area contributed by atoms with Gasteiger partial charge in [-0.2, -0.15) is 0 Å². The van der Waals surface area contributed by atoms with Crippen molar-refractivity contribution in [2.24, 2.45) is 5.92 Å². The summed E-state index contributed by atoms with van der Waals surface area (Å²) in [5, 5.41) is 3.50. The fourth-order valence-corrected chi connectivity index (χ4v) is 2.20. The van der Waals surface area contributed by atoms with E-state index in [1.807, 2.05) is 12.1 Å². The van der Waals surface area contributed by atoms with E-state index in [9.17, 15) is 0 Å². The van der Waals surface area contributed by atoms with Crippen LogP contribution in [0.4, 0.5) is 0 Å². The molecule has 1 saturated carbocycles. The second-order valence-corrected chi connectivity index (χ2v) is 5.27. The molecule has 2 rings (SSSR count). The Kier molecular flexibility index (Phi) is 4.24. The molecule has 1 aliphatic rings. The Hall–Kier alpha value is -0.540. The molecule has 88 valence electrons. The lowest BCUT2D eigenvalue weighted by Gasteiger charge is -2.09. The molecule has 0 amide bonds. The van der Waals surface area contributed by atoms with E-state index >= 15 is 0 Å². The van der Waals surface area contributed by atoms with Gasteiger partial charge in [0, 0.05) is 4.47 Å². The van der Waals surface area contributed by atoms with E-state index in [-0.39, 0.29) is 0 Å². The molecule has 0 atom stereocenters. The number of hydrogen-bond donors (Lipinski definition) is 1. The zero-order valence-electron chi connectivity index (χ0n) is 9.63. The second kappa shape index (κ2) is 5.69. The van der Waals surface area contributed by atoms with Crippen molar-refractivity contribution in [1.82, 2.24) is 5.32 Å². The number of nitrogens with one attached hydrogen (secondary N) is 1. The van der Waals surface area contributed by atoms with Gasteiger partial charge in [0.2, 0.25) is 0 Å². The maximum absolute atomic E-state index is 5.34. The van der Waals surface area contributed by atoms with Crippen LogP contribution in [0.15, 0.2) is 22.7 Å². The average Bonchev–Trinajstić information content (AvgIpc) is 3.08. The van der Waals surface area contributed by atoms with Gasteiger partial charge in [0.15, 0.2) is 0 Å². The number of rotatable bonds is 6. The van der Waals surface area contributed by atoms with Crippen LogP contribution in [0.25, 0.3) is 0 Å². The molecule has 0 bridgehead atoms. The minimum atomic E-state index is 0.949. The third kappa shape index (κ3) is 3.49. The Morgan fingerprint density at radius 1 is 1.44 bits per heavy atom. The number of benzene rings is 1. The zero-order chi connectivity index (χ0) is 11.4. The fraction of sp³-hybridized carbons (Fsp3) is 0.538. The molecule has 0 heterocycles. The van der Waals surface area contributed by atoms with Crippen LogP contribution in [-0.2, 0) is 6.42 Å². The fourth-order valence-electron chi connectivity index (χ4n) is 1.79. The highest BCUT2D eigenvalue weighted by atomic mass is 79.9. The molecule has 1 aromatic rings. The summed E-state index contributed by atoms with van der Waals surface area (Å²) in [5.74, 6) is 1.93. The van der Waals surface area contributed by atoms with Crippen molar-refractivity contribution in [3.05, 3.63) is 28.2 Å². The van der Waals surface area contributed by atoms with Crippen LogP contribution in [0.3, 0.4) is 0 Å². The first kappa shape index (κ1) is 11.9. The first-order valence-electron chi connectivity index (χ1n) is 5.82. The van der Waals surface area contributed by atoms with Gasteiger partial charge in [-0.1, -0.05) is 15.9 Å². The van der Waals surface area contributed by atoms with Crippen LogP contribution in [0.2, 0.25) is 0 Å². The van der Waals surface area contributed by atoms with Crippen molar-refractivity contribution < 1.29 is 4.74 Å². The summed E-state index contributed by atoms with van der Waals surface area (Å²) in [6.45, 7) is 2.21.